The fraction of sp³-hybridized carbons (Fsp3) is 0.455. The van der Waals surface area contributed by atoms with Crippen molar-refractivity contribution in [1.29, 1.82) is 0 Å². The number of hydrogen-bond acceptors (Lipinski definition) is 4. The Kier molecular flexibility index (Phi) is 4.62. The van der Waals surface area contributed by atoms with Gasteiger partial charge in [0.15, 0.2) is 9.84 Å². The summed E-state index contributed by atoms with van der Waals surface area (Å²) < 4.78 is 36.2. The van der Waals surface area contributed by atoms with E-state index < -0.39 is 33.6 Å². The van der Waals surface area contributed by atoms with E-state index in [9.17, 15) is 17.9 Å². The molecule has 1 aromatic carbocycles. The molecule has 0 aliphatic heterocycles. The maximum Gasteiger partial charge on any atom is 0.158 e. The van der Waals surface area contributed by atoms with Gasteiger partial charge in [0, 0.05) is 5.75 Å². The number of aliphatic hydroxyl groups excluding tert-OH is 2. The molecule has 0 aliphatic carbocycles. The lowest BCUT2D eigenvalue weighted by Crippen LogP contribution is -2.33. The van der Waals surface area contributed by atoms with E-state index >= 15 is 0 Å². The molecule has 0 fully saturated rings. The van der Waals surface area contributed by atoms with Gasteiger partial charge < -0.3 is 10.2 Å². The third-order valence-corrected chi connectivity index (χ3v) is 4.72. The minimum Gasteiger partial charge on any atom is -0.395 e. The van der Waals surface area contributed by atoms with Crippen LogP contribution in [0.4, 0.5) is 4.39 Å². The fourth-order valence-electron chi connectivity index (χ4n) is 1.53. The quantitative estimate of drug-likeness (QED) is 0.817. The predicted octanol–water partition coefficient (Wildman–Crippen LogP) is 0.655. The van der Waals surface area contributed by atoms with E-state index in [-0.39, 0.29) is 11.3 Å². The predicted molar refractivity (Wildman–Crippen MR) is 61.7 cm³/mol. The third-order valence-electron chi connectivity index (χ3n) is 2.59. The summed E-state index contributed by atoms with van der Waals surface area (Å²) in [6.45, 7) is 0.726. The van der Waals surface area contributed by atoms with Crippen molar-refractivity contribution in [3.05, 3.63) is 35.6 Å². The lowest BCUT2D eigenvalue weighted by Gasteiger charge is -2.20. The molecule has 2 N–H and O–H groups in total. The van der Waals surface area contributed by atoms with E-state index in [4.69, 9.17) is 5.11 Å². The zero-order chi connectivity index (χ0) is 13.1. The van der Waals surface area contributed by atoms with Crippen molar-refractivity contribution >= 4 is 9.84 Å². The molecular weight excluding hydrogens is 247 g/mol. The molecule has 0 radical (unpaired) electrons. The molecule has 0 amide bonds. The Hall–Kier alpha value is -0.980. The largest absolute Gasteiger partial charge is 0.395 e. The molecule has 0 saturated heterocycles. The third kappa shape index (κ3) is 3.24. The van der Waals surface area contributed by atoms with Gasteiger partial charge in [-0.1, -0.05) is 19.1 Å². The highest BCUT2D eigenvalue weighted by Crippen LogP contribution is 2.23. The number of halogens is 1. The molecule has 96 valence electrons. The molecule has 2 atom stereocenters. The first-order chi connectivity index (χ1) is 7.92. The highest BCUT2D eigenvalue weighted by Gasteiger charge is 2.31. The smallest absolute Gasteiger partial charge is 0.158 e. The van der Waals surface area contributed by atoms with Crippen LogP contribution in [0.15, 0.2) is 24.3 Å². The van der Waals surface area contributed by atoms with E-state index in [1.165, 1.54) is 25.1 Å². The van der Waals surface area contributed by atoms with Gasteiger partial charge in [0.1, 0.15) is 11.1 Å². The maximum atomic E-state index is 13.0. The van der Waals surface area contributed by atoms with Crippen molar-refractivity contribution in [3.63, 3.8) is 0 Å². The molecule has 0 heterocycles. The van der Waals surface area contributed by atoms with Crippen molar-refractivity contribution in [2.45, 2.75) is 18.3 Å². The Morgan fingerprint density at radius 3 is 2.53 bits per heavy atom. The molecule has 0 aliphatic rings. The van der Waals surface area contributed by atoms with E-state index in [0.717, 1.165) is 6.07 Å². The van der Waals surface area contributed by atoms with Crippen LogP contribution < -0.4 is 0 Å². The average Bonchev–Trinajstić information content (AvgIpc) is 2.29. The van der Waals surface area contributed by atoms with Gasteiger partial charge in [0.05, 0.1) is 12.7 Å². The van der Waals surface area contributed by atoms with Crippen molar-refractivity contribution in [2.24, 2.45) is 0 Å². The molecule has 1 aromatic rings. The van der Waals surface area contributed by atoms with Crippen molar-refractivity contribution in [1.82, 2.24) is 0 Å². The zero-order valence-corrected chi connectivity index (χ0v) is 10.2. The van der Waals surface area contributed by atoms with E-state index in [0.29, 0.717) is 0 Å². The summed E-state index contributed by atoms with van der Waals surface area (Å²) in [6.07, 6.45) is -1.43. The van der Waals surface area contributed by atoms with Gasteiger partial charge in [-0.05, 0) is 17.7 Å². The Morgan fingerprint density at radius 1 is 1.41 bits per heavy atom. The van der Waals surface area contributed by atoms with Crippen molar-refractivity contribution in [2.75, 3.05) is 12.4 Å². The van der Waals surface area contributed by atoms with Crippen LogP contribution in [0.5, 0.6) is 0 Å². The first-order valence-corrected chi connectivity index (χ1v) is 6.90. The van der Waals surface area contributed by atoms with Gasteiger partial charge in [-0.2, -0.15) is 0 Å². The van der Waals surface area contributed by atoms with Crippen LogP contribution in [0.3, 0.4) is 0 Å². The lowest BCUT2D eigenvalue weighted by molar-refractivity contribution is 0.137. The van der Waals surface area contributed by atoms with Crippen molar-refractivity contribution < 1.29 is 23.0 Å². The molecule has 1 rings (SSSR count). The monoisotopic (exact) mass is 262 g/mol. The Bertz CT molecular complexity index is 472. The minimum absolute atomic E-state index is 0.140. The van der Waals surface area contributed by atoms with Crippen LogP contribution >= 0.6 is 0 Å². The zero-order valence-electron chi connectivity index (χ0n) is 9.38. The molecule has 17 heavy (non-hydrogen) atoms. The van der Waals surface area contributed by atoms with Crippen LogP contribution in [-0.2, 0) is 9.84 Å². The molecule has 0 unspecified atom stereocenters. The van der Waals surface area contributed by atoms with E-state index in [1.807, 2.05) is 0 Å². The molecule has 4 nitrogen and oxygen atoms in total. The number of sulfone groups is 1. The number of benzene rings is 1. The molecular formula is C11H15FO4S. The minimum atomic E-state index is -3.59. The Morgan fingerprint density at radius 2 is 2.06 bits per heavy atom. The van der Waals surface area contributed by atoms with Crippen LogP contribution in [0.25, 0.3) is 0 Å². The van der Waals surface area contributed by atoms with Crippen LogP contribution in [0.1, 0.15) is 18.6 Å². The SMILES string of the molecule is CCS(=O)(=O)[C@@H](CO)[C@@H](O)c1cccc(F)c1. The highest BCUT2D eigenvalue weighted by molar-refractivity contribution is 7.92. The van der Waals surface area contributed by atoms with Gasteiger partial charge in [-0.15, -0.1) is 0 Å². The highest BCUT2D eigenvalue weighted by atomic mass is 32.2. The topological polar surface area (TPSA) is 74.6 Å². The van der Waals surface area contributed by atoms with E-state index in [2.05, 4.69) is 0 Å². The number of aliphatic hydroxyl groups is 2. The Balaban J connectivity index is 3.06. The van der Waals surface area contributed by atoms with Gasteiger partial charge >= 0.3 is 0 Å². The molecule has 0 aromatic heterocycles. The molecule has 0 saturated carbocycles. The number of rotatable bonds is 5. The van der Waals surface area contributed by atoms with Crippen LogP contribution in [-0.4, -0.2) is 36.2 Å². The second kappa shape index (κ2) is 5.57. The summed E-state index contributed by atoms with van der Waals surface area (Å²) in [4.78, 5) is 0. The normalized spacial score (nSPS) is 15.5. The average molecular weight is 262 g/mol. The van der Waals surface area contributed by atoms with Gasteiger partial charge in [0.25, 0.3) is 0 Å². The maximum absolute atomic E-state index is 13.0. The first-order valence-electron chi connectivity index (χ1n) is 5.18. The first kappa shape index (κ1) is 14.1. The summed E-state index contributed by atoms with van der Waals surface area (Å²) >= 11 is 0. The van der Waals surface area contributed by atoms with Gasteiger partial charge in [-0.25, -0.2) is 12.8 Å². The molecule has 0 bridgehead atoms. The van der Waals surface area contributed by atoms with Crippen molar-refractivity contribution in [3.8, 4) is 0 Å². The molecule has 6 heteroatoms. The Labute approximate surface area is 99.6 Å². The summed E-state index contributed by atoms with van der Waals surface area (Å²) in [5.74, 6) is -0.753. The number of hydrogen-bond donors (Lipinski definition) is 2. The summed E-state index contributed by atoms with van der Waals surface area (Å²) in [5.41, 5.74) is 0.140. The summed E-state index contributed by atoms with van der Waals surface area (Å²) in [7, 11) is -3.59. The van der Waals surface area contributed by atoms with E-state index in [1.54, 1.807) is 0 Å². The van der Waals surface area contributed by atoms with Crippen LogP contribution in [0.2, 0.25) is 0 Å². The fourth-order valence-corrected chi connectivity index (χ4v) is 2.73. The summed E-state index contributed by atoms with van der Waals surface area (Å²) in [5, 5.41) is 17.6. The van der Waals surface area contributed by atoms with Gasteiger partial charge in [0.2, 0.25) is 0 Å². The summed E-state index contributed by atoms with van der Waals surface area (Å²) in [6, 6.07) is 5.04. The van der Waals surface area contributed by atoms with Crippen LogP contribution in [0, 0.1) is 5.82 Å². The lowest BCUT2D eigenvalue weighted by atomic mass is 10.1. The van der Waals surface area contributed by atoms with Gasteiger partial charge in [-0.3, -0.25) is 0 Å². The second-order valence-electron chi connectivity index (χ2n) is 3.67. The second-order valence-corrected chi connectivity index (χ2v) is 6.18. The standard InChI is InChI=1S/C11H15FO4S/c1-2-17(15,16)10(7-13)11(14)8-4-3-5-9(12)6-8/h3-6,10-11,13-14H,2,7H2,1H3/t10-,11-/m0/s1. The molecule has 0 spiro atoms.